The van der Waals surface area contributed by atoms with Crippen LogP contribution >= 0.6 is 0 Å². The van der Waals surface area contributed by atoms with Gasteiger partial charge < -0.3 is 9.47 Å². The minimum absolute atomic E-state index is 0.0502. The van der Waals surface area contributed by atoms with E-state index >= 15 is 0 Å². The molecule has 0 radical (unpaired) electrons. The molecule has 0 atom stereocenters. The number of ketones is 1. The molecular formula is C24H18N2O3. The van der Waals surface area contributed by atoms with Crippen LogP contribution in [0.5, 0.6) is 5.75 Å². The van der Waals surface area contributed by atoms with E-state index in [1.165, 1.54) is 6.08 Å². The first-order chi connectivity index (χ1) is 14.2. The first kappa shape index (κ1) is 18.4. The molecule has 0 spiro atoms. The fourth-order valence-corrected chi connectivity index (χ4v) is 2.90. The Bertz CT molecular complexity index is 1100. The molecule has 0 saturated heterocycles. The average molecular weight is 382 g/mol. The van der Waals surface area contributed by atoms with E-state index in [0.717, 1.165) is 22.4 Å². The zero-order valence-electron chi connectivity index (χ0n) is 15.8. The Morgan fingerprint density at radius 3 is 2.10 bits per heavy atom. The van der Waals surface area contributed by atoms with Gasteiger partial charge in [-0.25, -0.2) is 0 Å². The van der Waals surface area contributed by atoms with Crippen molar-refractivity contribution in [3.8, 4) is 5.75 Å². The van der Waals surface area contributed by atoms with Gasteiger partial charge in [0.05, 0.1) is 7.11 Å². The van der Waals surface area contributed by atoms with Crippen LogP contribution in [0.25, 0.3) is 5.76 Å². The van der Waals surface area contributed by atoms with Crippen LogP contribution in [0, 0.1) is 0 Å². The zero-order valence-corrected chi connectivity index (χ0v) is 15.8. The third-order valence-electron chi connectivity index (χ3n) is 4.39. The Morgan fingerprint density at radius 1 is 0.828 bits per heavy atom. The lowest BCUT2D eigenvalue weighted by Crippen LogP contribution is -2.08. The van der Waals surface area contributed by atoms with Crippen molar-refractivity contribution in [2.24, 2.45) is 10.2 Å². The molecule has 29 heavy (non-hydrogen) atoms. The summed E-state index contributed by atoms with van der Waals surface area (Å²) in [6, 6.07) is 26.6. The predicted molar refractivity (Wildman–Crippen MR) is 113 cm³/mol. The molecule has 142 valence electrons. The maximum Gasteiger partial charge on any atom is 0.287 e. The Hall–Kier alpha value is -3.99. The Balaban J connectivity index is 1.67. The molecule has 5 heteroatoms. The molecule has 5 nitrogen and oxygen atoms in total. The summed E-state index contributed by atoms with van der Waals surface area (Å²) in [7, 11) is 1.62. The van der Waals surface area contributed by atoms with Crippen molar-refractivity contribution >= 4 is 23.2 Å². The summed E-state index contributed by atoms with van der Waals surface area (Å²) in [4.78, 5) is 12.3. The van der Waals surface area contributed by atoms with Crippen molar-refractivity contribution in [2.45, 2.75) is 0 Å². The van der Waals surface area contributed by atoms with Gasteiger partial charge in [-0.2, -0.15) is 0 Å². The highest BCUT2D eigenvalue weighted by Crippen LogP contribution is 2.22. The Morgan fingerprint density at radius 2 is 1.45 bits per heavy atom. The van der Waals surface area contributed by atoms with Crippen LogP contribution < -0.4 is 4.74 Å². The Kier molecular flexibility index (Phi) is 5.29. The minimum atomic E-state index is -0.310. The maximum atomic E-state index is 12.3. The van der Waals surface area contributed by atoms with E-state index < -0.39 is 0 Å². The first-order valence-electron chi connectivity index (χ1n) is 9.09. The monoisotopic (exact) mass is 382 g/mol. The molecule has 1 aliphatic rings. The molecule has 0 saturated carbocycles. The molecular weight excluding hydrogens is 364 g/mol. The number of ether oxygens (including phenoxy) is 2. The summed E-state index contributed by atoms with van der Waals surface area (Å²) in [5, 5.41) is 8.49. The van der Waals surface area contributed by atoms with Gasteiger partial charge in [-0.05, 0) is 24.3 Å². The fraction of sp³-hybridized carbons (Fsp3) is 0.0417. The molecule has 3 aromatic carbocycles. The first-order valence-corrected chi connectivity index (χ1v) is 9.09. The van der Waals surface area contributed by atoms with Crippen molar-refractivity contribution < 1.29 is 14.3 Å². The van der Waals surface area contributed by atoms with E-state index in [4.69, 9.17) is 9.47 Å². The largest absolute Gasteiger partial charge is 0.497 e. The van der Waals surface area contributed by atoms with E-state index in [0.29, 0.717) is 11.5 Å². The van der Waals surface area contributed by atoms with Gasteiger partial charge in [0.25, 0.3) is 5.90 Å². The SMILES string of the molecule is COc1ccc(/C(=N\N=C2\OC(c3ccccc3)=CC2=O)c2ccccc2)cc1. The number of benzene rings is 3. The lowest BCUT2D eigenvalue weighted by molar-refractivity contribution is -0.109. The van der Waals surface area contributed by atoms with E-state index in [9.17, 15) is 4.79 Å². The number of hydrogen-bond donors (Lipinski definition) is 0. The second-order valence-electron chi connectivity index (χ2n) is 6.29. The summed E-state index contributed by atoms with van der Waals surface area (Å²) in [5.41, 5.74) is 3.17. The summed E-state index contributed by atoms with van der Waals surface area (Å²) < 4.78 is 10.9. The van der Waals surface area contributed by atoms with Crippen molar-refractivity contribution in [3.63, 3.8) is 0 Å². The second-order valence-corrected chi connectivity index (χ2v) is 6.29. The van der Waals surface area contributed by atoms with Crippen LogP contribution in [0.3, 0.4) is 0 Å². The minimum Gasteiger partial charge on any atom is -0.497 e. The van der Waals surface area contributed by atoms with Gasteiger partial charge in [-0.1, -0.05) is 60.7 Å². The van der Waals surface area contributed by atoms with Gasteiger partial charge in [-0.15, -0.1) is 10.2 Å². The van der Waals surface area contributed by atoms with E-state index in [1.807, 2.05) is 84.9 Å². The zero-order chi connectivity index (χ0) is 20.1. The highest BCUT2D eigenvalue weighted by Gasteiger charge is 2.23. The van der Waals surface area contributed by atoms with Crippen molar-refractivity contribution in [1.29, 1.82) is 0 Å². The highest BCUT2D eigenvalue weighted by atomic mass is 16.5. The molecule has 3 aromatic rings. The molecule has 0 aliphatic carbocycles. The van der Waals surface area contributed by atoms with Crippen molar-refractivity contribution in [3.05, 3.63) is 108 Å². The maximum absolute atomic E-state index is 12.3. The van der Waals surface area contributed by atoms with E-state index in [2.05, 4.69) is 10.2 Å². The number of rotatable bonds is 5. The molecule has 1 aliphatic heterocycles. The fourth-order valence-electron chi connectivity index (χ4n) is 2.90. The molecule has 0 fully saturated rings. The standard InChI is InChI=1S/C24H18N2O3/c1-28-20-14-12-19(13-15-20)23(18-10-6-3-7-11-18)25-26-24-21(27)16-22(29-24)17-8-4-2-5-9-17/h2-16H,1H3/b25-23-,26-24+. The predicted octanol–water partition coefficient (Wildman–Crippen LogP) is 4.49. The Labute approximate surface area is 168 Å². The van der Waals surface area contributed by atoms with Crippen LogP contribution in [-0.4, -0.2) is 24.5 Å². The molecule has 0 unspecified atom stereocenters. The van der Waals surface area contributed by atoms with Crippen LogP contribution in [0.4, 0.5) is 0 Å². The molecule has 0 N–H and O–H groups in total. The van der Waals surface area contributed by atoms with E-state index in [-0.39, 0.29) is 11.7 Å². The van der Waals surface area contributed by atoms with Gasteiger partial charge in [-0.3, -0.25) is 4.79 Å². The van der Waals surface area contributed by atoms with Gasteiger partial charge in [0, 0.05) is 22.8 Å². The summed E-state index contributed by atoms with van der Waals surface area (Å²) in [5.74, 6) is 0.856. The lowest BCUT2D eigenvalue weighted by Gasteiger charge is -2.07. The highest BCUT2D eigenvalue weighted by molar-refractivity contribution is 6.45. The average Bonchev–Trinajstić information content (AvgIpc) is 3.16. The third kappa shape index (κ3) is 4.14. The van der Waals surface area contributed by atoms with Crippen molar-refractivity contribution in [2.75, 3.05) is 7.11 Å². The van der Waals surface area contributed by atoms with Crippen LogP contribution in [0.15, 0.2) is 101 Å². The smallest absolute Gasteiger partial charge is 0.287 e. The van der Waals surface area contributed by atoms with Crippen molar-refractivity contribution in [1.82, 2.24) is 0 Å². The molecule has 0 aromatic heterocycles. The van der Waals surface area contributed by atoms with Gasteiger partial charge >= 0.3 is 0 Å². The number of carbonyl (C=O) groups is 1. The summed E-state index contributed by atoms with van der Waals surface area (Å²) in [6.45, 7) is 0. The number of nitrogens with zero attached hydrogens (tertiary/aromatic N) is 2. The second kappa shape index (κ2) is 8.35. The summed E-state index contributed by atoms with van der Waals surface area (Å²) >= 11 is 0. The number of carbonyl (C=O) groups excluding carboxylic acids is 1. The quantitative estimate of drug-likeness (QED) is 0.483. The molecule has 0 amide bonds. The van der Waals surface area contributed by atoms with Crippen LogP contribution in [0.1, 0.15) is 16.7 Å². The van der Waals surface area contributed by atoms with E-state index in [1.54, 1.807) is 7.11 Å². The number of methoxy groups -OCH3 is 1. The van der Waals surface area contributed by atoms with Gasteiger partial charge in [0.1, 0.15) is 17.2 Å². The van der Waals surface area contributed by atoms with Gasteiger partial charge in [0.2, 0.25) is 5.78 Å². The topological polar surface area (TPSA) is 60.3 Å². The van der Waals surface area contributed by atoms with Crippen LogP contribution in [-0.2, 0) is 9.53 Å². The number of hydrogen-bond acceptors (Lipinski definition) is 5. The third-order valence-corrected chi connectivity index (χ3v) is 4.39. The van der Waals surface area contributed by atoms with Crippen LogP contribution in [0.2, 0.25) is 0 Å². The molecule has 1 heterocycles. The lowest BCUT2D eigenvalue weighted by atomic mass is 10.0. The normalized spacial score (nSPS) is 15.2. The summed E-state index contributed by atoms with van der Waals surface area (Å²) in [6.07, 6.45) is 1.43. The van der Waals surface area contributed by atoms with Gasteiger partial charge in [0.15, 0.2) is 0 Å². The molecule has 4 rings (SSSR count). The molecule has 0 bridgehead atoms.